The van der Waals surface area contributed by atoms with Gasteiger partial charge in [-0.2, -0.15) is 0 Å². The van der Waals surface area contributed by atoms with E-state index in [1.54, 1.807) is 14.2 Å². The van der Waals surface area contributed by atoms with Crippen molar-refractivity contribution >= 4 is 8.56 Å². The molecule has 0 amide bonds. The first-order valence-corrected chi connectivity index (χ1v) is 6.44. The summed E-state index contributed by atoms with van der Waals surface area (Å²) in [6.45, 7) is 8.01. The molecule has 0 unspecified atom stereocenters. The van der Waals surface area contributed by atoms with Crippen molar-refractivity contribution in [2.24, 2.45) is 0 Å². The summed E-state index contributed by atoms with van der Waals surface area (Å²) in [4.78, 5) is 0. The molecule has 0 aromatic heterocycles. The molecule has 0 spiro atoms. The molecular weight excluding hydrogens is 168 g/mol. The van der Waals surface area contributed by atoms with Gasteiger partial charge in [0.15, 0.2) is 0 Å². The molecule has 0 aliphatic rings. The lowest BCUT2D eigenvalue weighted by molar-refractivity contribution is 0.232. The van der Waals surface area contributed by atoms with Crippen molar-refractivity contribution in [3.63, 3.8) is 0 Å². The summed E-state index contributed by atoms with van der Waals surface area (Å²) in [7, 11) is 1.58. The van der Waals surface area contributed by atoms with Gasteiger partial charge in [-0.15, -0.1) is 6.58 Å². The quantitative estimate of drug-likeness (QED) is 0.471. The van der Waals surface area contributed by atoms with Crippen LogP contribution in [0.5, 0.6) is 0 Å². The third kappa shape index (κ3) is 2.73. The van der Waals surface area contributed by atoms with Crippen LogP contribution in [0.3, 0.4) is 0 Å². The van der Waals surface area contributed by atoms with Gasteiger partial charge in [0.2, 0.25) is 0 Å². The molecule has 3 heteroatoms. The smallest absolute Gasteiger partial charge is 0.340 e. The Bertz CT molecular complexity index is 130. The lowest BCUT2D eigenvalue weighted by atomic mass is 10.5. The van der Waals surface area contributed by atoms with Gasteiger partial charge in [0, 0.05) is 14.2 Å². The van der Waals surface area contributed by atoms with E-state index >= 15 is 0 Å². The topological polar surface area (TPSA) is 18.5 Å². The van der Waals surface area contributed by atoms with Crippen LogP contribution in [0.15, 0.2) is 12.7 Å². The van der Waals surface area contributed by atoms with Gasteiger partial charge in [-0.1, -0.05) is 19.9 Å². The van der Waals surface area contributed by atoms with Crippen molar-refractivity contribution in [1.82, 2.24) is 0 Å². The van der Waals surface area contributed by atoms with Gasteiger partial charge in [-0.05, 0) is 18.0 Å². The van der Waals surface area contributed by atoms with Gasteiger partial charge in [0.25, 0.3) is 0 Å². The van der Waals surface area contributed by atoms with E-state index in [9.17, 15) is 0 Å². The average Bonchev–Trinajstić information content (AvgIpc) is 2.07. The van der Waals surface area contributed by atoms with Crippen molar-refractivity contribution in [3.05, 3.63) is 12.7 Å². The summed E-state index contributed by atoms with van der Waals surface area (Å²) < 4.78 is 11.0. The second-order valence-corrected chi connectivity index (χ2v) is 7.30. The largest absolute Gasteiger partial charge is 0.397 e. The fraction of sp³-hybridized carbons (Fsp3) is 0.778. The Hall–Kier alpha value is -0.123. The zero-order chi connectivity index (χ0) is 9.61. The number of rotatable bonds is 6. The summed E-state index contributed by atoms with van der Waals surface area (Å²) in [5.41, 5.74) is 0.493. The van der Waals surface area contributed by atoms with Crippen molar-refractivity contribution in [1.29, 1.82) is 0 Å². The van der Waals surface area contributed by atoms with Crippen molar-refractivity contribution in [3.8, 4) is 0 Å². The zero-order valence-corrected chi connectivity index (χ0v) is 9.59. The molecule has 0 saturated carbocycles. The maximum atomic E-state index is 5.52. The van der Waals surface area contributed by atoms with E-state index < -0.39 is 8.56 Å². The normalized spacial score (nSPS) is 12.1. The third-order valence-corrected chi connectivity index (χ3v) is 6.39. The molecule has 0 radical (unpaired) electrons. The van der Waals surface area contributed by atoms with Crippen LogP contribution in [-0.2, 0) is 8.85 Å². The fourth-order valence-electron chi connectivity index (χ4n) is 1.35. The van der Waals surface area contributed by atoms with Crippen LogP contribution < -0.4 is 0 Å². The second-order valence-electron chi connectivity index (χ2n) is 3.20. The summed E-state index contributed by atoms with van der Waals surface area (Å²) in [6, 6.07) is 1.00. The van der Waals surface area contributed by atoms with Gasteiger partial charge in [0.05, 0.1) is 0 Å². The Morgan fingerprint density at radius 1 is 1.33 bits per heavy atom. The van der Waals surface area contributed by atoms with Gasteiger partial charge in [-0.3, -0.25) is 0 Å². The number of allylic oxidation sites excluding steroid dienone is 1. The molecule has 72 valence electrons. The van der Waals surface area contributed by atoms with Crippen LogP contribution >= 0.6 is 0 Å². The second kappa shape index (κ2) is 5.51. The van der Waals surface area contributed by atoms with Crippen LogP contribution in [0.1, 0.15) is 20.3 Å². The first kappa shape index (κ1) is 11.9. The number of hydrogen-bond donors (Lipinski definition) is 0. The molecule has 0 aliphatic carbocycles. The molecule has 12 heavy (non-hydrogen) atoms. The molecule has 0 heterocycles. The molecule has 0 N–H and O–H groups in total. The molecule has 0 aromatic carbocycles. The van der Waals surface area contributed by atoms with E-state index in [0.29, 0.717) is 5.54 Å². The summed E-state index contributed by atoms with van der Waals surface area (Å²) >= 11 is 0. The highest BCUT2D eigenvalue weighted by Crippen LogP contribution is 2.27. The average molecular weight is 188 g/mol. The highest BCUT2D eigenvalue weighted by molar-refractivity contribution is 6.68. The fourth-order valence-corrected chi connectivity index (χ4v) is 4.05. The Kier molecular flexibility index (Phi) is 5.45. The van der Waals surface area contributed by atoms with E-state index in [4.69, 9.17) is 8.85 Å². The first-order chi connectivity index (χ1) is 5.63. The van der Waals surface area contributed by atoms with Crippen molar-refractivity contribution in [2.45, 2.75) is 31.9 Å². The Labute approximate surface area is 76.8 Å². The summed E-state index contributed by atoms with van der Waals surface area (Å²) in [6.07, 6.45) is 2.90. The lowest BCUT2D eigenvalue weighted by Gasteiger charge is -2.30. The molecular formula is C9H20O2Si. The van der Waals surface area contributed by atoms with Gasteiger partial charge >= 0.3 is 8.56 Å². The highest BCUT2D eigenvalue weighted by Gasteiger charge is 2.38. The minimum absolute atomic E-state index is 0.493. The minimum Gasteiger partial charge on any atom is -0.397 e. The van der Waals surface area contributed by atoms with Crippen LogP contribution in [-0.4, -0.2) is 22.8 Å². The van der Waals surface area contributed by atoms with E-state index in [0.717, 1.165) is 12.5 Å². The van der Waals surface area contributed by atoms with Gasteiger partial charge in [-0.25, -0.2) is 0 Å². The zero-order valence-electron chi connectivity index (χ0n) is 8.59. The molecule has 0 aliphatic heterocycles. The van der Waals surface area contributed by atoms with Crippen LogP contribution in [0.2, 0.25) is 11.6 Å². The molecule has 0 rings (SSSR count). The summed E-state index contributed by atoms with van der Waals surface area (Å²) in [5.74, 6) is 0. The predicted octanol–water partition coefficient (Wildman–Crippen LogP) is 2.71. The third-order valence-electron chi connectivity index (χ3n) is 2.27. The van der Waals surface area contributed by atoms with Crippen molar-refractivity contribution in [2.75, 3.05) is 14.2 Å². The summed E-state index contributed by atoms with van der Waals surface area (Å²) in [5, 5.41) is 0. The van der Waals surface area contributed by atoms with Gasteiger partial charge in [0.1, 0.15) is 0 Å². The molecule has 0 fully saturated rings. The van der Waals surface area contributed by atoms with Gasteiger partial charge < -0.3 is 8.85 Å². The lowest BCUT2D eigenvalue weighted by Crippen LogP contribution is -2.42. The van der Waals surface area contributed by atoms with E-state index in [-0.39, 0.29) is 0 Å². The Morgan fingerprint density at radius 3 is 2.08 bits per heavy atom. The van der Waals surface area contributed by atoms with Crippen molar-refractivity contribution < 1.29 is 8.85 Å². The maximum Gasteiger partial charge on any atom is 0.340 e. The minimum atomic E-state index is -1.91. The molecule has 0 atom stereocenters. The van der Waals surface area contributed by atoms with E-state index in [2.05, 4.69) is 20.4 Å². The van der Waals surface area contributed by atoms with E-state index in [1.165, 1.54) is 0 Å². The maximum absolute atomic E-state index is 5.52. The number of hydrogen-bond acceptors (Lipinski definition) is 2. The SMILES string of the molecule is C=CCC[Si](OC)(OC)C(C)C. The monoisotopic (exact) mass is 188 g/mol. The first-order valence-electron chi connectivity index (χ1n) is 4.34. The Balaban J connectivity index is 4.24. The molecule has 0 aromatic rings. The highest BCUT2D eigenvalue weighted by atomic mass is 28.4. The molecule has 0 saturated heterocycles. The molecule has 2 nitrogen and oxygen atoms in total. The Morgan fingerprint density at radius 2 is 1.83 bits per heavy atom. The van der Waals surface area contributed by atoms with Crippen LogP contribution in [0.25, 0.3) is 0 Å². The van der Waals surface area contributed by atoms with Crippen LogP contribution in [0, 0.1) is 0 Å². The molecule has 0 bridgehead atoms. The van der Waals surface area contributed by atoms with E-state index in [1.807, 2.05) is 6.08 Å². The predicted molar refractivity (Wildman–Crippen MR) is 54.5 cm³/mol. The standard InChI is InChI=1S/C9H20O2Si/c1-6-7-8-12(10-4,11-5)9(2)3/h6,9H,1,7-8H2,2-5H3. The van der Waals surface area contributed by atoms with Crippen LogP contribution in [0.4, 0.5) is 0 Å².